The maximum atomic E-state index is 12.1. The fourth-order valence-electron chi connectivity index (χ4n) is 2.74. The van der Waals surface area contributed by atoms with E-state index in [9.17, 15) is 4.79 Å². The first-order chi connectivity index (χ1) is 10.2. The predicted octanol–water partition coefficient (Wildman–Crippen LogP) is 2.48. The third kappa shape index (κ3) is 3.40. The number of fused-ring (bicyclic) bond motifs is 1. The Balaban J connectivity index is 1.44. The monoisotopic (exact) mass is 290 g/mol. The zero-order valence-electron chi connectivity index (χ0n) is 12.4. The first-order valence-electron chi connectivity index (χ1n) is 7.63. The molecule has 21 heavy (non-hydrogen) atoms. The Labute approximate surface area is 125 Å². The van der Waals surface area contributed by atoms with Crippen molar-refractivity contribution < 1.29 is 14.3 Å². The number of rotatable bonds is 4. The Bertz CT molecular complexity index is 510. The van der Waals surface area contributed by atoms with Gasteiger partial charge in [-0.15, -0.1) is 0 Å². The summed E-state index contributed by atoms with van der Waals surface area (Å²) in [5.41, 5.74) is 0.958. The minimum Gasteiger partial charge on any atom is -0.454 e. The van der Waals surface area contributed by atoms with E-state index in [0.29, 0.717) is 13.0 Å². The van der Waals surface area contributed by atoms with Crippen LogP contribution in [0, 0.1) is 5.92 Å². The van der Waals surface area contributed by atoms with Crippen LogP contribution in [-0.4, -0.2) is 37.2 Å². The maximum Gasteiger partial charge on any atom is 0.231 e. The van der Waals surface area contributed by atoms with Crippen molar-refractivity contribution in [3.05, 3.63) is 18.2 Å². The summed E-state index contributed by atoms with van der Waals surface area (Å²) in [6.45, 7) is 4.99. The molecule has 1 fully saturated rings. The van der Waals surface area contributed by atoms with Gasteiger partial charge in [-0.1, -0.05) is 6.92 Å². The zero-order valence-corrected chi connectivity index (χ0v) is 12.4. The summed E-state index contributed by atoms with van der Waals surface area (Å²) in [6, 6.07) is 5.74. The Morgan fingerprint density at radius 1 is 1.29 bits per heavy atom. The topological polar surface area (TPSA) is 50.8 Å². The Morgan fingerprint density at radius 2 is 2.05 bits per heavy atom. The lowest BCUT2D eigenvalue weighted by molar-refractivity contribution is -0.132. The van der Waals surface area contributed by atoms with E-state index in [1.165, 1.54) is 0 Å². The molecule has 5 heteroatoms. The van der Waals surface area contributed by atoms with Crippen molar-refractivity contribution in [1.82, 2.24) is 4.90 Å². The highest BCUT2D eigenvalue weighted by atomic mass is 16.7. The molecule has 0 radical (unpaired) electrons. The summed E-state index contributed by atoms with van der Waals surface area (Å²) in [5, 5.41) is 3.27. The summed E-state index contributed by atoms with van der Waals surface area (Å²) in [4.78, 5) is 14.1. The van der Waals surface area contributed by atoms with Crippen LogP contribution in [0.2, 0.25) is 0 Å². The van der Waals surface area contributed by atoms with Crippen molar-refractivity contribution in [2.75, 3.05) is 31.7 Å². The number of ether oxygens (including phenoxy) is 2. The number of hydrogen-bond donors (Lipinski definition) is 1. The fraction of sp³-hybridized carbons (Fsp3) is 0.562. The van der Waals surface area contributed by atoms with Crippen LogP contribution in [-0.2, 0) is 4.79 Å². The van der Waals surface area contributed by atoms with Crippen LogP contribution in [0.1, 0.15) is 26.2 Å². The number of benzene rings is 1. The average molecular weight is 290 g/mol. The molecular weight excluding hydrogens is 268 g/mol. The first kappa shape index (κ1) is 14.0. The second-order valence-electron chi connectivity index (χ2n) is 5.81. The predicted molar refractivity (Wildman–Crippen MR) is 80.6 cm³/mol. The van der Waals surface area contributed by atoms with Gasteiger partial charge in [0.05, 0.1) is 0 Å². The van der Waals surface area contributed by atoms with Crippen molar-refractivity contribution in [3.8, 4) is 11.5 Å². The normalized spacial score (nSPS) is 17.9. The molecule has 0 spiro atoms. The number of anilines is 1. The van der Waals surface area contributed by atoms with Crippen molar-refractivity contribution in [3.63, 3.8) is 0 Å². The number of carbonyl (C=O) groups is 1. The maximum absolute atomic E-state index is 12.1. The number of carbonyl (C=O) groups excluding carboxylic acids is 1. The second-order valence-corrected chi connectivity index (χ2v) is 5.81. The molecule has 1 amide bonds. The summed E-state index contributed by atoms with van der Waals surface area (Å²) in [7, 11) is 0. The van der Waals surface area contributed by atoms with Crippen LogP contribution in [0.15, 0.2) is 18.2 Å². The number of hydrogen-bond acceptors (Lipinski definition) is 4. The molecule has 1 aromatic carbocycles. The van der Waals surface area contributed by atoms with Gasteiger partial charge in [0.15, 0.2) is 11.5 Å². The lowest BCUT2D eigenvalue weighted by Gasteiger charge is -2.30. The molecule has 1 N–H and O–H groups in total. The number of amides is 1. The molecule has 0 unspecified atom stereocenters. The van der Waals surface area contributed by atoms with E-state index in [2.05, 4.69) is 12.2 Å². The van der Waals surface area contributed by atoms with Crippen molar-refractivity contribution in [2.45, 2.75) is 26.2 Å². The Kier molecular flexibility index (Phi) is 4.18. The van der Waals surface area contributed by atoms with Gasteiger partial charge < -0.3 is 19.7 Å². The quantitative estimate of drug-likeness (QED) is 0.925. The Hall–Kier alpha value is -1.91. The van der Waals surface area contributed by atoms with Gasteiger partial charge in [0, 0.05) is 37.8 Å². The van der Waals surface area contributed by atoms with Crippen LogP contribution < -0.4 is 14.8 Å². The number of nitrogens with zero attached hydrogens (tertiary/aromatic N) is 1. The molecule has 2 aliphatic heterocycles. The van der Waals surface area contributed by atoms with E-state index in [1.54, 1.807) is 0 Å². The molecule has 1 saturated heterocycles. The average Bonchev–Trinajstić information content (AvgIpc) is 2.95. The van der Waals surface area contributed by atoms with Gasteiger partial charge >= 0.3 is 0 Å². The molecule has 0 aromatic heterocycles. The second kappa shape index (κ2) is 6.24. The van der Waals surface area contributed by atoms with Crippen LogP contribution >= 0.6 is 0 Å². The summed E-state index contributed by atoms with van der Waals surface area (Å²) in [5.74, 6) is 2.53. The molecule has 5 nitrogen and oxygen atoms in total. The zero-order chi connectivity index (χ0) is 14.7. The van der Waals surface area contributed by atoms with Crippen LogP contribution in [0.25, 0.3) is 0 Å². The molecule has 0 bridgehead atoms. The molecular formula is C16H22N2O3. The third-order valence-corrected chi connectivity index (χ3v) is 4.18. The molecule has 2 aliphatic rings. The standard InChI is InChI=1S/C16H22N2O3/c1-12-5-8-18(9-6-12)16(19)4-7-17-13-2-3-14-15(10-13)21-11-20-14/h2-3,10,12,17H,4-9,11H2,1H3. The van der Waals surface area contributed by atoms with Crippen LogP contribution in [0.5, 0.6) is 11.5 Å². The summed E-state index contributed by atoms with van der Waals surface area (Å²) < 4.78 is 10.6. The van der Waals surface area contributed by atoms with Gasteiger partial charge in [0.25, 0.3) is 0 Å². The largest absolute Gasteiger partial charge is 0.454 e. The van der Waals surface area contributed by atoms with Gasteiger partial charge in [-0.05, 0) is 30.9 Å². The van der Waals surface area contributed by atoms with E-state index in [-0.39, 0.29) is 12.7 Å². The molecule has 1 aromatic rings. The van der Waals surface area contributed by atoms with Crippen molar-refractivity contribution in [2.24, 2.45) is 5.92 Å². The Morgan fingerprint density at radius 3 is 2.86 bits per heavy atom. The highest BCUT2D eigenvalue weighted by Crippen LogP contribution is 2.34. The molecule has 3 rings (SSSR count). The van der Waals surface area contributed by atoms with Crippen LogP contribution in [0.3, 0.4) is 0 Å². The lowest BCUT2D eigenvalue weighted by atomic mass is 9.99. The van der Waals surface area contributed by atoms with Crippen molar-refractivity contribution in [1.29, 1.82) is 0 Å². The van der Waals surface area contributed by atoms with Gasteiger partial charge in [0.2, 0.25) is 12.7 Å². The molecule has 0 atom stereocenters. The van der Waals surface area contributed by atoms with E-state index in [0.717, 1.165) is 49.0 Å². The van der Waals surface area contributed by atoms with Gasteiger partial charge in [0.1, 0.15) is 0 Å². The number of likely N-dealkylation sites (tertiary alicyclic amines) is 1. The SMILES string of the molecule is CC1CCN(C(=O)CCNc2ccc3c(c2)OCO3)CC1. The highest BCUT2D eigenvalue weighted by Gasteiger charge is 2.19. The summed E-state index contributed by atoms with van der Waals surface area (Å²) in [6.07, 6.45) is 2.78. The minimum atomic E-state index is 0.246. The lowest BCUT2D eigenvalue weighted by Crippen LogP contribution is -2.38. The summed E-state index contributed by atoms with van der Waals surface area (Å²) >= 11 is 0. The fourth-order valence-corrected chi connectivity index (χ4v) is 2.74. The van der Waals surface area contributed by atoms with E-state index >= 15 is 0 Å². The first-order valence-corrected chi connectivity index (χ1v) is 7.63. The van der Waals surface area contributed by atoms with Crippen molar-refractivity contribution >= 4 is 11.6 Å². The number of piperidine rings is 1. The van der Waals surface area contributed by atoms with Crippen LogP contribution in [0.4, 0.5) is 5.69 Å². The van der Waals surface area contributed by atoms with Gasteiger partial charge in [-0.2, -0.15) is 0 Å². The van der Waals surface area contributed by atoms with Gasteiger partial charge in [-0.3, -0.25) is 4.79 Å². The van der Waals surface area contributed by atoms with Gasteiger partial charge in [-0.25, -0.2) is 0 Å². The molecule has 2 heterocycles. The molecule has 0 aliphatic carbocycles. The molecule has 114 valence electrons. The van der Waals surface area contributed by atoms with E-state index in [1.807, 2.05) is 23.1 Å². The molecule has 0 saturated carbocycles. The highest BCUT2D eigenvalue weighted by molar-refractivity contribution is 5.76. The smallest absolute Gasteiger partial charge is 0.231 e. The van der Waals surface area contributed by atoms with E-state index in [4.69, 9.17) is 9.47 Å². The van der Waals surface area contributed by atoms with E-state index < -0.39 is 0 Å². The minimum absolute atomic E-state index is 0.246. The number of nitrogens with one attached hydrogen (secondary N) is 1. The third-order valence-electron chi connectivity index (χ3n) is 4.18.